The Morgan fingerprint density at radius 2 is 1.53 bits per heavy atom. The molecule has 1 fully saturated rings. The largest absolute Gasteiger partial charge is 0.508 e. The SMILES string of the molecule is Cc1cc(C)c(C)c(S(=O)(=O)N2CCN(C(=O)CCc3ccccc3O)CC2)c1C. The van der Waals surface area contributed by atoms with Crippen molar-refractivity contribution < 1.29 is 18.3 Å². The molecule has 6 nitrogen and oxygen atoms in total. The molecule has 0 aromatic heterocycles. The van der Waals surface area contributed by atoms with E-state index in [9.17, 15) is 18.3 Å². The lowest BCUT2D eigenvalue weighted by molar-refractivity contribution is -0.132. The minimum Gasteiger partial charge on any atom is -0.508 e. The molecule has 2 aromatic rings. The highest BCUT2D eigenvalue weighted by Gasteiger charge is 2.32. The molecule has 7 heteroatoms. The third kappa shape index (κ3) is 4.37. The number of benzene rings is 2. The lowest BCUT2D eigenvalue weighted by Crippen LogP contribution is -2.50. The van der Waals surface area contributed by atoms with Crippen LogP contribution >= 0.6 is 0 Å². The van der Waals surface area contributed by atoms with Crippen LogP contribution in [-0.4, -0.2) is 54.8 Å². The first-order valence-electron chi connectivity index (χ1n) is 10.2. The number of piperazine rings is 1. The number of phenolic OH excluding ortho intramolecular Hbond substituents is 1. The summed E-state index contributed by atoms with van der Waals surface area (Å²) in [5.74, 6) is 0.175. The molecule has 0 unspecified atom stereocenters. The summed E-state index contributed by atoms with van der Waals surface area (Å²) < 4.78 is 28.2. The fraction of sp³-hybridized carbons (Fsp3) is 0.435. The summed E-state index contributed by atoms with van der Waals surface area (Å²) in [4.78, 5) is 14.7. The van der Waals surface area contributed by atoms with Crippen molar-refractivity contribution in [3.8, 4) is 5.75 Å². The average Bonchev–Trinajstić information content (AvgIpc) is 2.71. The molecule has 0 spiro atoms. The highest BCUT2D eigenvalue weighted by Crippen LogP contribution is 2.29. The maximum Gasteiger partial charge on any atom is 0.243 e. The summed E-state index contributed by atoms with van der Waals surface area (Å²) in [6.07, 6.45) is 0.755. The van der Waals surface area contributed by atoms with Crippen LogP contribution in [0.3, 0.4) is 0 Å². The number of hydrogen-bond acceptors (Lipinski definition) is 4. The van der Waals surface area contributed by atoms with Gasteiger partial charge < -0.3 is 10.0 Å². The normalized spacial score (nSPS) is 15.4. The maximum absolute atomic E-state index is 13.4. The number of para-hydroxylation sites is 1. The molecule has 0 bridgehead atoms. The Morgan fingerprint density at radius 1 is 0.967 bits per heavy atom. The quantitative estimate of drug-likeness (QED) is 0.791. The van der Waals surface area contributed by atoms with Crippen molar-refractivity contribution in [1.29, 1.82) is 0 Å². The van der Waals surface area contributed by atoms with Gasteiger partial charge in [-0.25, -0.2) is 8.42 Å². The van der Waals surface area contributed by atoms with Gasteiger partial charge in [0, 0.05) is 32.6 Å². The fourth-order valence-corrected chi connectivity index (χ4v) is 5.99. The van der Waals surface area contributed by atoms with Crippen molar-refractivity contribution in [3.63, 3.8) is 0 Å². The second-order valence-corrected chi connectivity index (χ2v) is 9.88. The van der Waals surface area contributed by atoms with Gasteiger partial charge in [-0.3, -0.25) is 4.79 Å². The molecular formula is C23H30N2O4S. The van der Waals surface area contributed by atoms with Crippen molar-refractivity contribution in [3.05, 3.63) is 58.1 Å². The molecule has 1 aliphatic heterocycles. The van der Waals surface area contributed by atoms with Crippen LogP contribution in [0.4, 0.5) is 0 Å². The number of amides is 1. The zero-order valence-electron chi connectivity index (χ0n) is 18.1. The Labute approximate surface area is 179 Å². The Balaban J connectivity index is 1.67. The first kappa shape index (κ1) is 22.3. The maximum atomic E-state index is 13.4. The fourth-order valence-electron chi connectivity index (χ4n) is 4.00. The predicted molar refractivity (Wildman–Crippen MR) is 117 cm³/mol. The minimum absolute atomic E-state index is 0.0194. The van der Waals surface area contributed by atoms with Crippen LogP contribution in [0.2, 0.25) is 0 Å². The van der Waals surface area contributed by atoms with E-state index in [-0.39, 0.29) is 24.7 Å². The van der Waals surface area contributed by atoms with Crippen LogP contribution in [0.5, 0.6) is 5.75 Å². The minimum atomic E-state index is -3.62. The molecule has 0 radical (unpaired) electrons. The number of sulfonamides is 1. The third-order valence-corrected chi connectivity index (χ3v) is 8.26. The first-order valence-corrected chi connectivity index (χ1v) is 11.7. The van der Waals surface area contributed by atoms with Crippen molar-refractivity contribution in [1.82, 2.24) is 9.21 Å². The number of carbonyl (C=O) groups is 1. The van der Waals surface area contributed by atoms with Crippen molar-refractivity contribution in [2.45, 2.75) is 45.4 Å². The Hall–Kier alpha value is -2.38. The molecular weight excluding hydrogens is 400 g/mol. The number of nitrogens with zero attached hydrogens (tertiary/aromatic N) is 2. The van der Waals surface area contributed by atoms with Gasteiger partial charge in [-0.1, -0.05) is 24.3 Å². The second kappa shape index (κ2) is 8.78. The molecule has 30 heavy (non-hydrogen) atoms. The molecule has 162 valence electrons. The Kier molecular flexibility index (Phi) is 6.53. The number of aromatic hydroxyl groups is 1. The van der Waals surface area contributed by atoms with Crippen LogP contribution in [-0.2, 0) is 21.2 Å². The summed E-state index contributed by atoms with van der Waals surface area (Å²) in [5, 5.41) is 9.85. The van der Waals surface area contributed by atoms with E-state index in [1.165, 1.54) is 4.31 Å². The molecule has 1 amide bonds. The van der Waals surface area contributed by atoms with Gasteiger partial charge in [-0.2, -0.15) is 4.31 Å². The lowest BCUT2D eigenvalue weighted by atomic mass is 10.0. The molecule has 0 aliphatic carbocycles. The molecule has 0 atom stereocenters. The molecule has 3 rings (SSSR count). The monoisotopic (exact) mass is 430 g/mol. The van der Waals surface area contributed by atoms with E-state index in [1.54, 1.807) is 17.0 Å². The zero-order chi connectivity index (χ0) is 22.1. The van der Waals surface area contributed by atoms with Gasteiger partial charge in [0.05, 0.1) is 4.90 Å². The van der Waals surface area contributed by atoms with E-state index >= 15 is 0 Å². The van der Waals surface area contributed by atoms with Crippen molar-refractivity contribution in [2.75, 3.05) is 26.2 Å². The Morgan fingerprint density at radius 3 is 2.10 bits per heavy atom. The van der Waals surface area contributed by atoms with Crippen molar-refractivity contribution >= 4 is 15.9 Å². The highest BCUT2D eigenvalue weighted by atomic mass is 32.2. The van der Waals surface area contributed by atoms with Crippen LogP contribution in [0, 0.1) is 27.7 Å². The Bertz CT molecular complexity index is 1030. The topological polar surface area (TPSA) is 77.9 Å². The predicted octanol–water partition coefficient (Wildman–Crippen LogP) is 3.09. The molecule has 0 saturated carbocycles. The number of aryl methyl sites for hydroxylation is 3. The first-order chi connectivity index (χ1) is 14.1. The highest BCUT2D eigenvalue weighted by molar-refractivity contribution is 7.89. The lowest BCUT2D eigenvalue weighted by Gasteiger charge is -2.35. The summed E-state index contributed by atoms with van der Waals surface area (Å²) in [5.41, 5.74) is 4.26. The number of phenols is 1. The van der Waals surface area contributed by atoms with Gasteiger partial charge in [-0.15, -0.1) is 0 Å². The third-order valence-electron chi connectivity index (χ3n) is 6.09. The van der Waals surface area contributed by atoms with E-state index in [0.717, 1.165) is 27.8 Å². The van der Waals surface area contributed by atoms with Crippen LogP contribution < -0.4 is 0 Å². The number of hydrogen-bond donors (Lipinski definition) is 1. The summed E-state index contributed by atoms with van der Waals surface area (Å²) in [6.45, 7) is 8.90. The van der Waals surface area contributed by atoms with Gasteiger partial charge in [0.2, 0.25) is 15.9 Å². The second-order valence-electron chi connectivity index (χ2n) is 8.00. The molecule has 1 saturated heterocycles. The molecule has 2 aromatic carbocycles. The number of carbonyl (C=O) groups excluding carboxylic acids is 1. The standard InChI is InChI=1S/C23H30N2O4S/c1-16-15-17(2)19(4)23(18(16)3)30(28,29)25-13-11-24(12-14-25)22(27)10-9-20-7-5-6-8-21(20)26/h5-8,15,26H,9-14H2,1-4H3. The van der Waals surface area contributed by atoms with E-state index in [0.29, 0.717) is 30.8 Å². The van der Waals surface area contributed by atoms with Crippen LogP contribution in [0.15, 0.2) is 35.2 Å². The van der Waals surface area contributed by atoms with Gasteiger partial charge in [0.15, 0.2) is 0 Å². The summed E-state index contributed by atoms with van der Waals surface area (Å²) in [7, 11) is -3.62. The van der Waals surface area contributed by atoms with Crippen LogP contribution in [0.1, 0.15) is 34.2 Å². The summed E-state index contributed by atoms with van der Waals surface area (Å²) >= 11 is 0. The van der Waals surface area contributed by atoms with Gasteiger partial charge in [-0.05, 0) is 68.0 Å². The van der Waals surface area contributed by atoms with E-state index in [1.807, 2.05) is 45.9 Å². The van der Waals surface area contributed by atoms with E-state index in [4.69, 9.17) is 0 Å². The van der Waals surface area contributed by atoms with Gasteiger partial charge in [0.25, 0.3) is 0 Å². The molecule has 1 aliphatic rings. The average molecular weight is 431 g/mol. The van der Waals surface area contributed by atoms with Crippen molar-refractivity contribution in [2.24, 2.45) is 0 Å². The van der Waals surface area contributed by atoms with Crippen LogP contribution in [0.25, 0.3) is 0 Å². The van der Waals surface area contributed by atoms with Gasteiger partial charge >= 0.3 is 0 Å². The number of rotatable bonds is 5. The smallest absolute Gasteiger partial charge is 0.243 e. The van der Waals surface area contributed by atoms with Gasteiger partial charge in [0.1, 0.15) is 5.75 Å². The van der Waals surface area contributed by atoms with E-state index in [2.05, 4.69) is 0 Å². The zero-order valence-corrected chi connectivity index (χ0v) is 18.9. The summed E-state index contributed by atoms with van der Waals surface area (Å²) in [6, 6.07) is 9.02. The molecule has 1 heterocycles. The molecule has 1 N–H and O–H groups in total. The van der Waals surface area contributed by atoms with E-state index < -0.39 is 10.0 Å².